The SMILES string of the molecule is CC/C=C\C/C=C\C/C=C\C/C=C\C/C=C\CCCCCCCCCCCCCC(=O)OCC(COC(=O)CCCCCCCC)OC(=O)CCCCCCCCCCCC. The Morgan fingerprint density at radius 3 is 1.00 bits per heavy atom. The summed E-state index contributed by atoms with van der Waals surface area (Å²) in [6.07, 6.45) is 61.0. The Morgan fingerprint density at radius 2 is 0.639 bits per heavy atom. The fourth-order valence-electron chi connectivity index (χ4n) is 7.17. The number of allylic oxidation sites excluding steroid dienone is 10. The molecule has 0 amide bonds. The van der Waals surface area contributed by atoms with Gasteiger partial charge in [0, 0.05) is 19.3 Å². The third kappa shape index (κ3) is 48.0. The molecule has 0 saturated carbocycles. The van der Waals surface area contributed by atoms with E-state index in [1.807, 2.05) is 0 Å². The van der Waals surface area contributed by atoms with E-state index in [0.717, 1.165) is 89.9 Å². The second-order valence-electron chi connectivity index (χ2n) is 17.1. The van der Waals surface area contributed by atoms with Crippen LogP contribution in [-0.2, 0) is 28.6 Å². The molecule has 0 heterocycles. The van der Waals surface area contributed by atoms with Crippen LogP contribution < -0.4 is 0 Å². The molecule has 0 aliphatic rings. The standard InChI is InChI=1S/C55H96O6/c1-4-7-10-13-16-18-20-21-22-23-24-25-26-27-28-29-30-31-32-33-34-35-36-38-39-42-45-48-54(57)60-51-52(50-59-53(56)47-44-41-15-12-9-6-3)61-55(58)49-46-43-40-37-19-17-14-11-8-5-2/h7,10,16,18,21-22,24-25,27-28,52H,4-6,8-9,11-15,17,19-20,23,26,29-51H2,1-3H3/b10-7-,18-16-,22-21-,25-24-,28-27-. The van der Waals surface area contributed by atoms with Gasteiger partial charge < -0.3 is 14.2 Å². The molecule has 6 heteroatoms. The van der Waals surface area contributed by atoms with Crippen molar-refractivity contribution in [2.75, 3.05) is 13.2 Å². The summed E-state index contributed by atoms with van der Waals surface area (Å²) in [5.41, 5.74) is 0. The van der Waals surface area contributed by atoms with E-state index in [9.17, 15) is 14.4 Å². The molecule has 0 aliphatic heterocycles. The molecule has 1 atom stereocenters. The summed E-state index contributed by atoms with van der Waals surface area (Å²) < 4.78 is 16.7. The second kappa shape index (κ2) is 49.8. The summed E-state index contributed by atoms with van der Waals surface area (Å²) in [6.45, 7) is 6.45. The first-order chi connectivity index (χ1) is 30.0. The summed E-state index contributed by atoms with van der Waals surface area (Å²) in [5.74, 6) is -0.883. The van der Waals surface area contributed by atoms with Gasteiger partial charge in [-0.3, -0.25) is 14.4 Å². The zero-order chi connectivity index (χ0) is 44.4. The first kappa shape index (κ1) is 58.1. The number of carbonyl (C=O) groups excluding carboxylic acids is 3. The maximum absolute atomic E-state index is 12.7. The Bertz CT molecular complexity index is 1120. The van der Waals surface area contributed by atoms with Crippen LogP contribution in [0, 0.1) is 0 Å². The largest absolute Gasteiger partial charge is 0.462 e. The lowest BCUT2D eigenvalue weighted by molar-refractivity contribution is -0.167. The van der Waals surface area contributed by atoms with Gasteiger partial charge in [-0.2, -0.15) is 0 Å². The summed E-state index contributed by atoms with van der Waals surface area (Å²) >= 11 is 0. The molecular formula is C55H96O6. The first-order valence-electron chi connectivity index (χ1n) is 25.8. The van der Waals surface area contributed by atoms with Crippen LogP contribution in [0.2, 0.25) is 0 Å². The van der Waals surface area contributed by atoms with E-state index in [-0.39, 0.29) is 31.1 Å². The highest BCUT2D eigenvalue weighted by atomic mass is 16.6. The number of hydrogen-bond acceptors (Lipinski definition) is 6. The van der Waals surface area contributed by atoms with E-state index in [1.54, 1.807) is 0 Å². The number of hydrogen-bond donors (Lipinski definition) is 0. The molecular weight excluding hydrogens is 757 g/mol. The molecule has 0 radical (unpaired) electrons. The molecule has 0 N–H and O–H groups in total. The second-order valence-corrected chi connectivity index (χ2v) is 17.1. The van der Waals surface area contributed by atoms with E-state index < -0.39 is 6.10 Å². The molecule has 0 rings (SSSR count). The number of unbranched alkanes of at least 4 members (excludes halogenated alkanes) is 25. The quantitative estimate of drug-likeness (QED) is 0.0263. The Balaban J connectivity index is 4.05. The van der Waals surface area contributed by atoms with Crippen molar-refractivity contribution in [3.63, 3.8) is 0 Å². The summed E-state index contributed by atoms with van der Waals surface area (Å²) in [7, 11) is 0. The average molecular weight is 853 g/mol. The predicted molar refractivity (Wildman–Crippen MR) is 261 cm³/mol. The summed E-state index contributed by atoms with van der Waals surface area (Å²) in [6, 6.07) is 0. The lowest BCUT2D eigenvalue weighted by Gasteiger charge is -2.18. The molecule has 0 spiro atoms. The minimum absolute atomic E-state index is 0.0726. The van der Waals surface area contributed by atoms with Crippen molar-refractivity contribution in [1.82, 2.24) is 0 Å². The van der Waals surface area contributed by atoms with Gasteiger partial charge in [0.15, 0.2) is 6.10 Å². The Kier molecular flexibility index (Phi) is 47.4. The van der Waals surface area contributed by atoms with Gasteiger partial charge in [-0.15, -0.1) is 0 Å². The van der Waals surface area contributed by atoms with Gasteiger partial charge in [0.2, 0.25) is 0 Å². The molecule has 0 saturated heterocycles. The van der Waals surface area contributed by atoms with Crippen LogP contribution in [0.15, 0.2) is 60.8 Å². The van der Waals surface area contributed by atoms with Gasteiger partial charge >= 0.3 is 17.9 Å². The summed E-state index contributed by atoms with van der Waals surface area (Å²) in [4.78, 5) is 37.6. The molecule has 352 valence electrons. The molecule has 0 aromatic heterocycles. The Morgan fingerprint density at radius 1 is 0.344 bits per heavy atom. The zero-order valence-electron chi connectivity index (χ0n) is 40.2. The molecule has 0 aromatic rings. The van der Waals surface area contributed by atoms with Crippen LogP contribution in [0.4, 0.5) is 0 Å². The number of esters is 3. The lowest BCUT2D eigenvalue weighted by Crippen LogP contribution is -2.30. The number of rotatable bonds is 46. The smallest absolute Gasteiger partial charge is 0.306 e. The molecule has 0 aliphatic carbocycles. The van der Waals surface area contributed by atoms with Crippen LogP contribution in [0.1, 0.15) is 252 Å². The topological polar surface area (TPSA) is 78.9 Å². The van der Waals surface area contributed by atoms with Gasteiger partial charge in [-0.1, -0.05) is 229 Å². The van der Waals surface area contributed by atoms with E-state index >= 15 is 0 Å². The molecule has 6 nitrogen and oxygen atoms in total. The Labute approximate surface area is 377 Å². The zero-order valence-corrected chi connectivity index (χ0v) is 40.2. The monoisotopic (exact) mass is 853 g/mol. The third-order valence-electron chi connectivity index (χ3n) is 11.0. The predicted octanol–water partition coefficient (Wildman–Crippen LogP) is 16.9. The fraction of sp³-hybridized carbons (Fsp3) is 0.764. The van der Waals surface area contributed by atoms with Gasteiger partial charge in [0.25, 0.3) is 0 Å². The maximum atomic E-state index is 12.7. The van der Waals surface area contributed by atoms with Crippen molar-refractivity contribution in [3.05, 3.63) is 60.8 Å². The van der Waals surface area contributed by atoms with Crippen LogP contribution in [-0.4, -0.2) is 37.2 Å². The van der Waals surface area contributed by atoms with Gasteiger partial charge in [-0.05, 0) is 64.2 Å². The van der Waals surface area contributed by atoms with Gasteiger partial charge in [0.1, 0.15) is 13.2 Å². The van der Waals surface area contributed by atoms with E-state index in [1.165, 1.54) is 122 Å². The van der Waals surface area contributed by atoms with E-state index in [0.29, 0.717) is 19.3 Å². The van der Waals surface area contributed by atoms with Crippen molar-refractivity contribution in [2.24, 2.45) is 0 Å². The molecule has 1 unspecified atom stereocenters. The average Bonchev–Trinajstić information content (AvgIpc) is 3.26. The van der Waals surface area contributed by atoms with Crippen LogP contribution in [0.25, 0.3) is 0 Å². The lowest BCUT2D eigenvalue weighted by atomic mass is 10.0. The first-order valence-corrected chi connectivity index (χ1v) is 25.8. The number of ether oxygens (including phenoxy) is 3. The third-order valence-corrected chi connectivity index (χ3v) is 11.0. The molecule has 61 heavy (non-hydrogen) atoms. The highest BCUT2D eigenvalue weighted by molar-refractivity contribution is 5.71. The molecule has 0 fully saturated rings. The Hall–Kier alpha value is -2.89. The van der Waals surface area contributed by atoms with Gasteiger partial charge in [-0.25, -0.2) is 0 Å². The van der Waals surface area contributed by atoms with Crippen molar-refractivity contribution in [3.8, 4) is 0 Å². The number of carbonyl (C=O) groups is 3. The van der Waals surface area contributed by atoms with Crippen molar-refractivity contribution >= 4 is 17.9 Å². The van der Waals surface area contributed by atoms with Gasteiger partial charge in [0.05, 0.1) is 0 Å². The van der Waals surface area contributed by atoms with E-state index in [4.69, 9.17) is 14.2 Å². The minimum atomic E-state index is -0.767. The fourth-order valence-corrected chi connectivity index (χ4v) is 7.17. The van der Waals surface area contributed by atoms with Crippen LogP contribution in [0.5, 0.6) is 0 Å². The van der Waals surface area contributed by atoms with Crippen molar-refractivity contribution < 1.29 is 28.6 Å². The molecule has 0 bridgehead atoms. The normalized spacial score (nSPS) is 12.5. The molecule has 0 aromatic carbocycles. The van der Waals surface area contributed by atoms with Crippen LogP contribution in [0.3, 0.4) is 0 Å². The van der Waals surface area contributed by atoms with E-state index in [2.05, 4.69) is 81.5 Å². The van der Waals surface area contributed by atoms with Crippen LogP contribution >= 0.6 is 0 Å². The highest BCUT2D eigenvalue weighted by Crippen LogP contribution is 2.15. The minimum Gasteiger partial charge on any atom is -0.462 e. The summed E-state index contributed by atoms with van der Waals surface area (Å²) in [5, 5.41) is 0. The van der Waals surface area contributed by atoms with Crippen molar-refractivity contribution in [2.45, 2.75) is 258 Å². The van der Waals surface area contributed by atoms with Crippen molar-refractivity contribution in [1.29, 1.82) is 0 Å². The highest BCUT2D eigenvalue weighted by Gasteiger charge is 2.19. The maximum Gasteiger partial charge on any atom is 0.306 e.